The molecule has 0 saturated heterocycles. The summed E-state index contributed by atoms with van der Waals surface area (Å²) in [5.41, 5.74) is 3.80. The van der Waals surface area contributed by atoms with Crippen LogP contribution in [0.2, 0.25) is 4.34 Å². The summed E-state index contributed by atoms with van der Waals surface area (Å²) in [6.45, 7) is 0. The Labute approximate surface area is 129 Å². The van der Waals surface area contributed by atoms with E-state index >= 15 is 0 Å². The third-order valence-electron chi connectivity index (χ3n) is 3.80. The number of benzene rings is 1. The van der Waals surface area contributed by atoms with E-state index < -0.39 is 0 Å². The Hall–Kier alpha value is -1.19. The molecule has 20 heavy (non-hydrogen) atoms. The van der Waals surface area contributed by atoms with Crippen molar-refractivity contribution in [2.24, 2.45) is 0 Å². The van der Waals surface area contributed by atoms with Crippen LogP contribution in [0.3, 0.4) is 0 Å². The van der Waals surface area contributed by atoms with Crippen molar-refractivity contribution in [2.45, 2.75) is 25.3 Å². The maximum Gasteiger partial charge on any atom is 0.0934 e. The van der Waals surface area contributed by atoms with Gasteiger partial charge in [-0.3, -0.25) is 0 Å². The van der Waals surface area contributed by atoms with Crippen molar-refractivity contribution in [3.63, 3.8) is 0 Å². The number of nitrogens with zero attached hydrogens (tertiary/aromatic N) is 1. The van der Waals surface area contributed by atoms with Gasteiger partial charge in [-0.25, -0.2) is 0 Å². The SMILES string of the molecule is CN(C)c1ccccc1NC1CCCc2sc(Cl)cc21. The third kappa shape index (κ3) is 2.65. The highest BCUT2D eigenvalue weighted by Gasteiger charge is 2.23. The second kappa shape index (κ2) is 5.66. The van der Waals surface area contributed by atoms with E-state index in [1.165, 1.54) is 41.1 Å². The zero-order chi connectivity index (χ0) is 14.1. The standard InChI is InChI=1S/C16H19ClN2S/c1-19(2)14-8-4-3-6-13(14)18-12-7-5-9-15-11(12)10-16(17)20-15/h3-4,6,8,10,12,18H,5,7,9H2,1-2H3. The molecule has 1 heterocycles. The number of halogens is 1. The Morgan fingerprint density at radius 2 is 2.10 bits per heavy atom. The molecule has 1 aliphatic rings. The smallest absolute Gasteiger partial charge is 0.0934 e. The Balaban J connectivity index is 1.89. The molecular weight excluding hydrogens is 288 g/mol. The van der Waals surface area contributed by atoms with Gasteiger partial charge in [-0.1, -0.05) is 23.7 Å². The number of anilines is 2. The Kier molecular flexibility index (Phi) is 3.90. The second-order valence-electron chi connectivity index (χ2n) is 5.43. The van der Waals surface area contributed by atoms with Gasteiger partial charge in [0.2, 0.25) is 0 Å². The number of aryl methyl sites for hydroxylation is 1. The highest BCUT2D eigenvalue weighted by molar-refractivity contribution is 7.16. The lowest BCUT2D eigenvalue weighted by Gasteiger charge is -2.27. The molecule has 106 valence electrons. The third-order valence-corrected chi connectivity index (χ3v) is 5.14. The maximum atomic E-state index is 6.18. The largest absolute Gasteiger partial charge is 0.377 e. The Morgan fingerprint density at radius 1 is 1.30 bits per heavy atom. The summed E-state index contributed by atoms with van der Waals surface area (Å²) in [6.07, 6.45) is 3.56. The average molecular weight is 307 g/mol. The lowest BCUT2D eigenvalue weighted by molar-refractivity contribution is 0.609. The molecule has 0 saturated carbocycles. The molecular formula is C16H19ClN2S. The van der Waals surface area contributed by atoms with Crippen molar-refractivity contribution in [2.75, 3.05) is 24.3 Å². The summed E-state index contributed by atoms with van der Waals surface area (Å²) in [5.74, 6) is 0. The minimum Gasteiger partial charge on any atom is -0.377 e. The predicted molar refractivity (Wildman–Crippen MR) is 89.4 cm³/mol. The molecule has 0 bridgehead atoms. The lowest BCUT2D eigenvalue weighted by atomic mass is 9.93. The van der Waals surface area contributed by atoms with Crippen LogP contribution >= 0.6 is 22.9 Å². The van der Waals surface area contributed by atoms with Crippen LogP contribution in [0.5, 0.6) is 0 Å². The number of hydrogen-bond acceptors (Lipinski definition) is 3. The van der Waals surface area contributed by atoms with Gasteiger partial charge >= 0.3 is 0 Å². The highest BCUT2D eigenvalue weighted by Crippen LogP contribution is 2.40. The van der Waals surface area contributed by atoms with Gasteiger partial charge in [0.1, 0.15) is 0 Å². The van der Waals surface area contributed by atoms with Gasteiger partial charge in [-0.2, -0.15) is 0 Å². The molecule has 1 aliphatic carbocycles. The molecule has 2 nitrogen and oxygen atoms in total. The molecule has 0 radical (unpaired) electrons. The fraction of sp³-hybridized carbons (Fsp3) is 0.375. The summed E-state index contributed by atoms with van der Waals surface area (Å²) in [6, 6.07) is 11.0. The Bertz CT molecular complexity index is 606. The van der Waals surface area contributed by atoms with Crippen molar-refractivity contribution >= 4 is 34.3 Å². The molecule has 1 aromatic heterocycles. The number of hydrogen-bond donors (Lipinski definition) is 1. The molecule has 1 atom stereocenters. The number of fused-ring (bicyclic) bond motifs is 1. The molecule has 1 N–H and O–H groups in total. The van der Waals surface area contributed by atoms with Crippen LogP contribution in [-0.2, 0) is 6.42 Å². The van der Waals surface area contributed by atoms with Crippen molar-refractivity contribution in [3.05, 3.63) is 45.1 Å². The zero-order valence-electron chi connectivity index (χ0n) is 11.8. The minimum atomic E-state index is 0.378. The first kappa shape index (κ1) is 13.8. The monoisotopic (exact) mass is 306 g/mol. The van der Waals surface area contributed by atoms with Gasteiger partial charge in [0.05, 0.1) is 21.8 Å². The van der Waals surface area contributed by atoms with Gasteiger partial charge < -0.3 is 10.2 Å². The molecule has 1 aromatic carbocycles. The van der Waals surface area contributed by atoms with Crippen molar-refractivity contribution in [3.8, 4) is 0 Å². The molecule has 4 heteroatoms. The van der Waals surface area contributed by atoms with Crippen molar-refractivity contribution < 1.29 is 0 Å². The van der Waals surface area contributed by atoms with Crippen LogP contribution in [-0.4, -0.2) is 14.1 Å². The highest BCUT2D eigenvalue weighted by atomic mass is 35.5. The molecule has 2 aromatic rings. The van der Waals surface area contributed by atoms with E-state index in [0.29, 0.717) is 6.04 Å². The van der Waals surface area contributed by atoms with Gasteiger partial charge in [0, 0.05) is 19.0 Å². The normalized spacial score (nSPS) is 17.6. The van der Waals surface area contributed by atoms with Gasteiger partial charge in [-0.15, -0.1) is 11.3 Å². The summed E-state index contributed by atoms with van der Waals surface area (Å²) < 4.78 is 0.907. The summed E-state index contributed by atoms with van der Waals surface area (Å²) in [5, 5.41) is 3.71. The maximum absolute atomic E-state index is 6.18. The van der Waals surface area contributed by atoms with Crippen LogP contribution in [0.4, 0.5) is 11.4 Å². The molecule has 0 spiro atoms. The second-order valence-corrected chi connectivity index (χ2v) is 7.20. The molecule has 0 aliphatic heterocycles. The van der Waals surface area contributed by atoms with E-state index in [2.05, 4.69) is 54.6 Å². The topological polar surface area (TPSA) is 15.3 Å². The first-order valence-electron chi connectivity index (χ1n) is 6.96. The summed E-state index contributed by atoms with van der Waals surface area (Å²) in [4.78, 5) is 3.59. The molecule has 0 fully saturated rings. The fourth-order valence-electron chi connectivity index (χ4n) is 2.84. The predicted octanol–water partition coefficient (Wildman–Crippen LogP) is 4.96. The minimum absolute atomic E-state index is 0.378. The van der Waals surface area contributed by atoms with Gasteiger partial charge in [-0.05, 0) is 43.0 Å². The quantitative estimate of drug-likeness (QED) is 0.862. The number of nitrogens with one attached hydrogen (secondary N) is 1. The van der Waals surface area contributed by atoms with E-state index in [4.69, 9.17) is 11.6 Å². The van der Waals surface area contributed by atoms with Crippen molar-refractivity contribution in [1.29, 1.82) is 0 Å². The van der Waals surface area contributed by atoms with Crippen LogP contribution in [0.25, 0.3) is 0 Å². The number of rotatable bonds is 3. The average Bonchev–Trinajstić information content (AvgIpc) is 2.80. The summed E-state index contributed by atoms with van der Waals surface area (Å²) in [7, 11) is 4.16. The van der Waals surface area contributed by atoms with Gasteiger partial charge in [0.15, 0.2) is 0 Å². The zero-order valence-corrected chi connectivity index (χ0v) is 13.4. The Morgan fingerprint density at radius 3 is 2.90 bits per heavy atom. The fourth-order valence-corrected chi connectivity index (χ4v) is 4.23. The van der Waals surface area contributed by atoms with Gasteiger partial charge in [0.25, 0.3) is 0 Å². The molecule has 3 rings (SSSR count). The first-order chi connectivity index (χ1) is 9.65. The molecule has 0 amide bonds. The summed E-state index contributed by atoms with van der Waals surface area (Å²) >= 11 is 7.91. The number of para-hydroxylation sites is 2. The molecule has 1 unspecified atom stereocenters. The van der Waals surface area contributed by atoms with Crippen LogP contribution in [0.15, 0.2) is 30.3 Å². The van der Waals surface area contributed by atoms with Crippen LogP contribution < -0.4 is 10.2 Å². The van der Waals surface area contributed by atoms with E-state index in [0.717, 1.165) is 4.34 Å². The number of thiophene rings is 1. The van der Waals surface area contributed by atoms with Crippen LogP contribution in [0, 0.1) is 0 Å². The first-order valence-corrected chi connectivity index (χ1v) is 8.15. The van der Waals surface area contributed by atoms with E-state index in [1.807, 2.05) is 0 Å². The van der Waals surface area contributed by atoms with Crippen LogP contribution in [0.1, 0.15) is 29.3 Å². The van der Waals surface area contributed by atoms with E-state index in [-0.39, 0.29) is 0 Å². The van der Waals surface area contributed by atoms with E-state index in [9.17, 15) is 0 Å². The lowest BCUT2D eigenvalue weighted by Crippen LogP contribution is -2.18. The van der Waals surface area contributed by atoms with E-state index in [1.54, 1.807) is 11.3 Å². The van der Waals surface area contributed by atoms with Crippen molar-refractivity contribution in [1.82, 2.24) is 0 Å².